The van der Waals surface area contributed by atoms with Gasteiger partial charge in [-0.25, -0.2) is 4.79 Å². The van der Waals surface area contributed by atoms with Crippen LogP contribution in [0.15, 0.2) is 24.3 Å². The van der Waals surface area contributed by atoms with E-state index < -0.39 is 0 Å². The predicted molar refractivity (Wildman–Crippen MR) is 75.4 cm³/mol. The van der Waals surface area contributed by atoms with Crippen LogP contribution >= 0.6 is 0 Å². The van der Waals surface area contributed by atoms with Crippen LogP contribution in [0.2, 0.25) is 0 Å². The molecule has 0 aliphatic rings. The van der Waals surface area contributed by atoms with Crippen LogP contribution in [0.25, 0.3) is 0 Å². The van der Waals surface area contributed by atoms with Crippen LogP contribution in [-0.2, 0) is 4.74 Å². The number of hydrogen-bond acceptors (Lipinski definition) is 4. The summed E-state index contributed by atoms with van der Waals surface area (Å²) in [5, 5.41) is 0. The number of rotatable bonds is 5. The number of nitrogen functional groups attached to an aromatic ring is 1. The molecule has 0 spiro atoms. The summed E-state index contributed by atoms with van der Waals surface area (Å²) < 4.78 is 4.79. The Morgan fingerprint density at radius 3 is 2.17 bits per heavy atom. The van der Waals surface area contributed by atoms with Crippen LogP contribution in [0.3, 0.4) is 0 Å². The molecule has 0 saturated carbocycles. The van der Waals surface area contributed by atoms with Gasteiger partial charge in [-0.2, -0.15) is 0 Å². The minimum absolute atomic E-state index is 0.308. The quantitative estimate of drug-likeness (QED) is 0.479. The molecule has 0 aromatic heterocycles. The summed E-state index contributed by atoms with van der Waals surface area (Å²) in [6, 6.07) is 6.64. The van der Waals surface area contributed by atoms with Crippen LogP contribution in [0, 0.1) is 0 Å². The van der Waals surface area contributed by atoms with E-state index in [1.54, 1.807) is 31.2 Å². The maximum Gasteiger partial charge on any atom is 0.338 e. The predicted octanol–water partition coefficient (Wildman–Crippen LogP) is 2.58. The minimum atomic E-state index is -0.308. The maximum atomic E-state index is 11.1. The second-order valence-corrected chi connectivity index (χ2v) is 3.84. The Labute approximate surface area is 109 Å². The van der Waals surface area contributed by atoms with E-state index in [0.29, 0.717) is 17.9 Å². The van der Waals surface area contributed by atoms with Gasteiger partial charge in [0.2, 0.25) is 0 Å². The van der Waals surface area contributed by atoms with Crippen LogP contribution in [0.4, 0.5) is 5.69 Å². The summed E-state index contributed by atoms with van der Waals surface area (Å²) in [5.41, 5.74) is 11.8. The van der Waals surface area contributed by atoms with Gasteiger partial charge in [0, 0.05) is 5.69 Å². The summed E-state index contributed by atoms with van der Waals surface area (Å²) in [6.45, 7) is 5.20. The summed E-state index contributed by atoms with van der Waals surface area (Å²) in [6.07, 6.45) is 3.75. The summed E-state index contributed by atoms with van der Waals surface area (Å²) in [4.78, 5) is 11.1. The van der Waals surface area contributed by atoms with Gasteiger partial charge in [-0.3, -0.25) is 0 Å². The first kappa shape index (κ1) is 16.4. The number of carbonyl (C=O) groups is 1. The monoisotopic (exact) mass is 252 g/mol. The van der Waals surface area contributed by atoms with Crippen molar-refractivity contribution in [3.8, 4) is 0 Å². The SMILES string of the molecule is CCCCCN.CCOC(=O)c1ccc(N)cc1. The molecule has 102 valence electrons. The first-order valence-electron chi connectivity index (χ1n) is 6.38. The average Bonchev–Trinajstić information content (AvgIpc) is 2.38. The highest BCUT2D eigenvalue weighted by molar-refractivity contribution is 5.89. The molecule has 1 rings (SSSR count). The molecule has 1 aromatic carbocycles. The van der Waals surface area contributed by atoms with Crippen LogP contribution in [0.5, 0.6) is 0 Å². The first-order valence-corrected chi connectivity index (χ1v) is 6.38. The molecule has 0 unspecified atom stereocenters. The molecule has 4 N–H and O–H groups in total. The molecule has 0 aliphatic heterocycles. The molecular weight excluding hydrogens is 228 g/mol. The van der Waals surface area contributed by atoms with E-state index in [4.69, 9.17) is 16.2 Å². The van der Waals surface area contributed by atoms with E-state index in [2.05, 4.69) is 6.92 Å². The number of esters is 1. The Hall–Kier alpha value is -1.55. The summed E-state index contributed by atoms with van der Waals surface area (Å²) >= 11 is 0. The Bertz CT molecular complexity index is 319. The smallest absolute Gasteiger partial charge is 0.338 e. The summed E-state index contributed by atoms with van der Waals surface area (Å²) in [5.74, 6) is -0.308. The Morgan fingerprint density at radius 2 is 1.78 bits per heavy atom. The highest BCUT2D eigenvalue weighted by atomic mass is 16.5. The molecule has 0 aliphatic carbocycles. The van der Waals surface area contributed by atoms with Crippen LogP contribution < -0.4 is 11.5 Å². The lowest BCUT2D eigenvalue weighted by atomic mass is 10.2. The zero-order chi connectivity index (χ0) is 13.8. The van der Waals surface area contributed by atoms with Crippen molar-refractivity contribution in [2.24, 2.45) is 5.73 Å². The van der Waals surface area contributed by atoms with E-state index in [0.717, 1.165) is 6.54 Å². The van der Waals surface area contributed by atoms with Crippen molar-refractivity contribution in [3.63, 3.8) is 0 Å². The maximum absolute atomic E-state index is 11.1. The van der Waals surface area contributed by atoms with E-state index in [9.17, 15) is 4.79 Å². The molecule has 0 saturated heterocycles. The third kappa shape index (κ3) is 7.68. The second kappa shape index (κ2) is 10.6. The molecule has 0 fully saturated rings. The highest BCUT2D eigenvalue weighted by Gasteiger charge is 2.03. The fourth-order valence-corrected chi connectivity index (χ4v) is 1.23. The van der Waals surface area contributed by atoms with Gasteiger partial charge in [-0.05, 0) is 44.2 Å². The van der Waals surface area contributed by atoms with Gasteiger partial charge in [-0.15, -0.1) is 0 Å². The molecule has 0 heterocycles. The van der Waals surface area contributed by atoms with Crippen molar-refractivity contribution in [3.05, 3.63) is 29.8 Å². The van der Waals surface area contributed by atoms with E-state index in [1.807, 2.05) is 0 Å². The zero-order valence-electron chi connectivity index (χ0n) is 11.3. The fourth-order valence-electron chi connectivity index (χ4n) is 1.23. The number of benzene rings is 1. The third-order valence-corrected chi connectivity index (χ3v) is 2.23. The molecule has 0 amide bonds. The van der Waals surface area contributed by atoms with Gasteiger partial charge in [-0.1, -0.05) is 19.8 Å². The molecule has 0 bridgehead atoms. The lowest BCUT2D eigenvalue weighted by Crippen LogP contribution is -2.04. The molecule has 0 atom stereocenters. The second-order valence-electron chi connectivity index (χ2n) is 3.84. The number of carbonyl (C=O) groups excluding carboxylic acids is 1. The van der Waals surface area contributed by atoms with Crippen molar-refractivity contribution in [1.29, 1.82) is 0 Å². The van der Waals surface area contributed by atoms with Gasteiger partial charge < -0.3 is 16.2 Å². The van der Waals surface area contributed by atoms with Gasteiger partial charge in [0.25, 0.3) is 0 Å². The average molecular weight is 252 g/mol. The lowest BCUT2D eigenvalue weighted by molar-refractivity contribution is 0.0526. The normalized spacial score (nSPS) is 9.28. The van der Waals surface area contributed by atoms with Crippen molar-refractivity contribution in [1.82, 2.24) is 0 Å². The Balaban J connectivity index is 0.000000411. The van der Waals surface area contributed by atoms with Gasteiger partial charge in [0.15, 0.2) is 0 Å². The van der Waals surface area contributed by atoms with Gasteiger partial charge in [0.05, 0.1) is 12.2 Å². The standard InChI is InChI=1S/C9H11NO2.C5H13N/c1-2-12-9(11)7-3-5-8(10)6-4-7;1-2-3-4-5-6/h3-6H,2,10H2,1H3;2-6H2,1H3. The number of hydrogen-bond donors (Lipinski definition) is 2. The summed E-state index contributed by atoms with van der Waals surface area (Å²) in [7, 11) is 0. The topological polar surface area (TPSA) is 78.3 Å². The Kier molecular flexibility index (Phi) is 9.68. The Morgan fingerprint density at radius 1 is 1.17 bits per heavy atom. The minimum Gasteiger partial charge on any atom is -0.462 e. The fraction of sp³-hybridized carbons (Fsp3) is 0.500. The molecular formula is C14H24N2O2. The number of anilines is 1. The van der Waals surface area contributed by atoms with Crippen LogP contribution in [0.1, 0.15) is 43.5 Å². The highest BCUT2D eigenvalue weighted by Crippen LogP contribution is 2.06. The lowest BCUT2D eigenvalue weighted by Gasteiger charge is -2.00. The molecule has 1 aromatic rings. The number of unbranched alkanes of at least 4 members (excludes halogenated alkanes) is 2. The van der Waals surface area contributed by atoms with Crippen molar-refractivity contribution in [2.45, 2.75) is 33.1 Å². The number of nitrogens with two attached hydrogens (primary N) is 2. The number of ether oxygens (including phenoxy) is 1. The zero-order valence-corrected chi connectivity index (χ0v) is 11.3. The van der Waals surface area contributed by atoms with E-state index in [1.165, 1.54) is 19.3 Å². The van der Waals surface area contributed by atoms with E-state index in [-0.39, 0.29) is 5.97 Å². The van der Waals surface area contributed by atoms with Crippen molar-refractivity contribution < 1.29 is 9.53 Å². The van der Waals surface area contributed by atoms with Crippen molar-refractivity contribution in [2.75, 3.05) is 18.9 Å². The van der Waals surface area contributed by atoms with Gasteiger partial charge >= 0.3 is 5.97 Å². The first-order chi connectivity index (χ1) is 8.65. The molecule has 0 radical (unpaired) electrons. The largest absolute Gasteiger partial charge is 0.462 e. The van der Waals surface area contributed by atoms with Gasteiger partial charge in [0.1, 0.15) is 0 Å². The molecule has 4 heteroatoms. The van der Waals surface area contributed by atoms with Crippen LogP contribution in [-0.4, -0.2) is 19.1 Å². The molecule has 18 heavy (non-hydrogen) atoms. The third-order valence-electron chi connectivity index (χ3n) is 2.23. The van der Waals surface area contributed by atoms with E-state index >= 15 is 0 Å². The van der Waals surface area contributed by atoms with Crippen molar-refractivity contribution >= 4 is 11.7 Å². The molecule has 4 nitrogen and oxygen atoms in total.